The zero-order valence-electron chi connectivity index (χ0n) is 28.4. The lowest BCUT2D eigenvalue weighted by atomic mass is 9.96. The normalized spacial score (nSPS) is 15.4. The van der Waals surface area contributed by atoms with Gasteiger partial charge in [0.05, 0.1) is 19.5 Å². The van der Waals surface area contributed by atoms with Crippen LogP contribution in [0.25, 0.3) is 0 Å². The van der Waals surface area contributed by atoms with Crippen LogP contribution in [-0.2, 0) is 44.8 Å². The van der Waals surface area contributed by atoms with Crippen LogP contribution in [0.4, 0.5) is 0 Å². The lowest BCUT2D eigenvalue weighted by molar-refractivity contribution is -0.136. The third-order valence-electron chi connectivity index (χ3n) is 8.23. The monoisotopic (exact) mass is 703 g/mol. The lowest BCUT2D eigenvalue weighted by Gasteiger charge is -2.29. The molecule has 12 N–H and O–H groups in total. The van der Waals surface area contributed by atoms with Gasteiger partial charge in [-0.25, -0.2) is 0 Å². The second-order valence-corrected chi connectivity index (χ2v) is 12.2. The van der Waals surface area contributed by atoms with E-state index in [0.717, 1.165) is 12.8 Å². The van der Waals surface area contributed by atoms with Crippen LogP contribution in [0.1, 0.15) is 57.9 Å². The summed E-state index contributed by atoms with van der Waals surface area (Å²) < 4.78 is 0. The van der Waals surface area contributed by atoms with Crippen molar-refractivity contribution < 1.29 is 43.5 Å². The van der Waals surface area contributed by atoms with Crippen molar-refractivity contribution in [1.29, 1.82) is 0 Å². The first-order valence-electron chi connectivity index (χ1n) is 16.5. The van der Waals surface area contributed by atoms with Crippen LogP contribution >= 0.6 is 0 Å². The second kappa shape index (κ2) is 20.3. The fourth-order valence-electron chi connectivity index (χ4n) is 5.15. The van der Waals surface area contributed by atoms with Crippen molar-refractivity contribution >= 4 is 47.3 Å². The summed E-state index contributed by atoms with van der Waals surface area (Å²) in [7, 11) is 0. The van der Waals surface area contributed by atoms with E-state index in [1.807, 2.05) is 0 Å². The highest BCUT2D eigenvalue weighted by molar-refractivity contribution is 5.97. The molecule has 276 valence electrons. The number of benzene rings is 1. The molecule has 8 amide bonds. The molecule has 1 aromatic carbocycles. The van der Waals surface area contributed by atoms with Crippen molar-refractivity contribution in [3.8, 4) is 5.75 Å². The molecule has 50 heavy (non-hydrogen) atoms. The summed E-state index contributed by atoms with van der Waals surface area (Å²) in [5.41, 5.74) is 16.6. The molecular formula is C32H49N9O9. The van der Waals surface area contributed by atoms with Gasteiger partial charge in [-0.05, 0) is 42.9 Å². The van der Waals surface area contributed by atoms with Crippen molar-refractivity contribution in [3.05, 3.63) is 29.8 Å². The molecule has 0 saturated carbocycles. The van der Waals surface area contributed by atoms with E-state index >= 15 is 0 Å². The van der Waals surface area contributed by atoms with Gasteiger partial charge in [-0.2, -0.15) is 0 Å². The van der Waals surface area contributed by atoms with Gasteiger partial charge in [-0.3, -0.25) is 38.4 Å². The van der Waals surface area contributed by atoms with Gasteiger partial charge < -0.3 is 53.8 Å². The van der Waals surface area contributed by atoms with Crippen LogP contribution in [0.3, 0.4) is 0 Å². The Morgan fingerprint density at radius 1 is 0.800 bits per heavy atom. The van der Waals surface area contributed by atoms with Gasteiger partial charge >= 0.3 is 0 Å². The Balaban J connectivity index is 2.24. The molecule has 1 aliphatic heterocycles. The molecule has 1 unspecified atom stereocenters. The molecule has 18 nitrogen and oxygen atoms in total. The summed E-state index contributed by atoms with van der Waals surface area (Å²) >= 11 is 0. The van der Waals surface area contributed by atoms with Crippen LogP contribution in [0.15, 0.2) is 24.3 Å². The first-order valence-corrected chi connectivity index (χ1v) is 16.5. The number of carbonyl (C=O) groups is 8. The summed E-state index contributed by atoms with van der Waals surface area (Å²) in [6, 6.07) is 0.545. The van der Waals surface area contributed by atoms with Gasteiger partial charge in [0.1, 0.15) is 29.9 Å². The van der Waals surface area contributed by atoms with Gasteiger partial charge in [0, 0.05) is 25.9 Å². The third kappa shape index (κ3) is 13.7. The highest BCUT2D eigenvalue weighted by Gasteiger charge is 2.34. The standard InChI is InChI=1S/C32H49N9O9/c1-3-18(2)28(40-31(49)22(37-26(45)16-33)14-19-6-8-20(42)9-7-19)32(50)38-21(10-11-24(34)43)30(48)39-23(15-25(35)44)29(47)36-17-27(46)41-12-4-5-13-41/h6-9,18,21-23,28,42H,3-5,10-17,33H2,1-2H3,(H2,34,43)(H2,35,44)(H,36,47)(H,37,45)(H,38,50)(H,39,48)(H,40,49)/t18?,21-,22-,23-,28-/m0/s1. The van der Waals surface area contributed by atoms with Crippen molar-refractivity contribution in [3.63, 3.8) is 0 Å². The van der Waals surface area contributed by atoms with E-state index in [9.17, 15) is 43.5 Å². The second-order valence-electron chi connectivity index (χ2n) is 12.2. The Labute approximate surface area is 290 Å². The molecule has 5 atom stereocenters. The number of phenols is 1. The molecule has 0 spiro atoms. The molecular weight excluding hydrogens is 654 g/mol. The van der Waals surface area contributed by atoms with E-state index in [-0.39, 0.29) is 37.5 Å². The predicted molar refractivity (Wildman–Crippen MR) is 179 cm³/mol. The van der Waals surface area contributed by atoms with Gasteiger partial charge in [0.2, 0.25) is 47.3 Å². The molecule has 0 aliphatic carbocycles. The minimum Gasteiger partial charge on any atom is -0.508 e. The molecule has 0 bridgehead atoms. The van der Waals surface area contributed by atoms with Crippen molar-refractivity contribution in [2.75, 3.05) is 26.2 Å². The number of aromatic hydroxyl groups is 1. The Morgan fingerprint density at radius 3 is 1.96 bits per heavy atom. The molecule has 1 fully saturated rings. The number of nitrogens with zero attached hydrogens (tertiary/aromatic N) is 1. The SMILES string of the molecule is CCC(C)[C@H](NC(=O)[C@H](Cc1ccc(O)cc1)NC(=O)CN)C(=O)N[C@@H](CCC(N)=O)C(=O)N[C@@H](CC(N)=O)C(=O)NCC(=O)N1CCCC1. The largest absolute Gasteiger partial charge is 0.508 e. The van der Waals surface area contributed by atoms with Gasteiger partial charge in [0.15, 0.2) is 0 Å². The third-order valence-corrected chi connectivity index (χ3v) is 8.23. The summed E-state index contributed by atoms with van der Waals surface area (Å²) in [5.74, 6) is -6.57. The number of nitrogens with one attached hydrogen (secondary N) is 5. The zero-order chi connectivity index (χ0) is 37.4. The molecule has 18 heteroatoms. The van der Waals surface area contributed by atoms with E-state index in [4.69, 9.17) is 17.2 Å². The van der Waals surface area contributed by atoms with E-state index < -0.39 is 84.4 Å². The Bertz CT molecular complexity index is 1380. The van der Waals surface area contributed by atoms with Crippen molar-refractivity contribution in [1.82, 2.24) is 31.5 Å². The van der Waals surface area contributed by atoms with Crippen molar-refractivity contribution in [2.24, 2.45) is 23.1 Å². The van der Waals surface area contributed by atoms with E-state index in [1.54, 1.807) is 30.9 Å². The number of rotatable bonds is 20. The Morgan fingerprint density at radius 2 is 1.40 bits per heavy atom. The molecule has 1 heterocycles. The quantitative estimate of drug-likeness (QED) is 0.0654. The smallest absolute Gasteiger partial charge is 0.243 e. The average molecular weight is 704 g/mol. The zero-order valence-corrected chi connectivity index (χ0v) is 28.4. The van der Waals surface area contributed by atoms with Gasteiger partial charge in [-0.15, -0.1) is 0 Å². The maximum Gasteiger partial charge on any atom is 0.243 e. The van der Waals surface area contributed by atoms with Gasteiger partial charge in [0.25, 0.3) is 0 Å². The molecule has 1 aliphatic rings. The average Bonchev–Trinajstić information content (AvgIpc) is 3.62. The minimum absolute atomic E-state index is 0.00150. The summed E-state index contributed by atoms with van der Waals surface area (Å²) in [6.45, 7) is 3.76. The van der Waals surface area contributed by atoms with Gasteiger partial charge in [-0.1, -0.05) is 32.4 Å². The summed E-state index contributed by atoms with van der Waals surface area (Å²) in [4.78, 5) is 103. The maximum absolute atomic E-state index is 13.7. The highest BCUT2D eigenvalue weighted by Crippen LogP contribution is 2.14. The number of likely N-dealkylation sites (tertiary alicyclic amines) is 1. The molecule has 0 radical (unpaired) electrons. The first-order chi connectivity index (χ1) is 23.6. The number of amides is 8. The van der Waals surface area contributed by atoms with Crippen LogP contribution in [0.2, 0.25) is 0 Å². The number of hydrogen-bond donors (Lipinski definition) is 9. The number of hydrogen-bond acceptors (Lipinski definition) is 10. The lowest BCUT2D eigenvalue weighted by Crippen LogP contribution is -2.60. The van der Waals surface area contributed by atoms with E-state index in [1.165, 1.54) is 12.1 Å². The fourth-order valence-corrected chi connectivity index (χ4v) is 5.15. The van der Waals surface area contributed by atoms with Crippen LogP contribution in [-0.4, -0.2) is 108 Å². The van der Waals surface area contributed by atoms with Crippen LogP contribution in [0, 0.1) is 5.92 Å². The van der Waals surface area contributed by atoms with Crippen LogP contribution in [0.5, 0.6) is 5.75 Å². The number of primary amides is 2. The first kappa shape index (κ1) is 40.9. The van der Waals surface area contributed by atoms with Crippen LogP contribution < -0.4 is 43.8 Å². The number of carbonyl (C=O) groups excluding carboxylic acids is 8. The predicted octanol–water partition coefficient (Wildman–Crippen LogP) is -3.24. The maximum atomic E-state index is 13.7. The summed E-state index contributed by atoms with van der Waals surface area (Å²) in [5, 5.41) is 22.0. The number of nitrogens with two attached hydrogens (primary N) is 3. The van der Waals surface area contributed by atoms with Crippen molar-refractivity contribution in [2.45, 2.75) is 83.0 Å². The molecule has 0 aromatic heterocycles. The molecule has 1 saturated heterocycles. The van der Waals surface area contributed by atoms with E-state index in [0.29, 0.717) is 25.1 Å². The Hall–Kier alpha value is -5.26. The number of phenolic OH excluding ortho intramolecular Hbond substituents is 1. The highest BCUT2D eigenvalue weighted by atomic mass is 16.3. The minimum atomic E-state index is -1.52. The fraction of sp³-hybridized carbons (Fsp3) is 0.562. The Kier molecular flexibility index (Phi) is 16.6. The summed E-state index contributed by atoms with van der Waals surface area (Å²) in [6.07, 6.45) is 0.775. The molecule has 1 aromatic rings. The van der Waals surface area contributed by atoms with E-state index in [2.05, 4.69) is 26.6 Å². The molecule has 2 rings (SSSR count). The topological polar surface area (TPSA) is 298 Å².